The lowest BCUT2D eigenvalue weighted by molar-refractivity contribution is -0.137. The molecule has 1 fully saturated rings. The van der Waals surface area contributed by atoms with Gasteiger partial charge in [0.15, 0.2) is 0 Å². The molecule has 0 bridgehead atoms. The van der Waals surface area contributed by atoms with Crippen LogP contribution in [-0.4, -0.2) is 47.6 Å². The maximum atomic E-state index is 11.6. The summed E-state index contributed by atoms with van der Waals surface area (Å²) >= 11 is 0. The van der Waals surface area contributed by atoms with Gasteiger partial charge in [0.1, 0.15) is 0 Å². The Labute approximate surface area is 95.8 Å². The molecular formula is C11H20N2O3. The van der Waals surface area contributed by atoms with Gasteiger partial charge in [-0.1, -0.05) is 6.42 Å². The number of nitrogens with one attached hydrogen (secondary N) is 1. The molecule has 0 aliphatic carbocycles. The summed E-state index contributed by atoms with van der Waals surface area (Å²) in [6.07, 6.45) is 3.52. The van der Waals surface area contributed by atoms with Crippen LogP contribution >= 0.6 is 0 Å². The van der Waals surface area contributed by atoms with E-state index in [1.807, 2.05) is 0 Å². The van der Waals surface area contributed by atoms with E-state index in [9.17, 15) is 9.59 Å². The van der Waals surface area contributed by atoms with Crippen molar-refractivity contribution in [1.82, 2.24) is 10.2 Å². The maximum Gasteiger partial charge on any atom is 0.305 e. The van der Waals surface area contributed by atoms with Gasteiger partial charge in [-0.3, -0.25) is 14.5 Å². The number of rotatable bonds is 5. The fraction of sp³-hybridized carbons (Fsp3) is 0.818. The van der Waals surface area contributed by atoms with Crippen molar-refractivity contribution in [2.75, 3.05) is 19.6 Å². The quantitative estimate of drug-likeness (QED) is 0.717. The zero-order chi connectivity index (χ0) is 12.0. The first-order chi connectivity index (χ1) is 7.58. The van der Waals surface area contributed by atoms with Crippen LogP contribution in [0.2, 0.25) is 0 Å². The molecule has 0 spiro atoms. The third-order valence-electron chi connectivity index (χ3n) is 2.70. The highest BCUT2D eigenvalue weighted by Crippen LogP contribution is 2.07. The first-order valence-electron chi connectivity index (χ1n) is 5.81. The number of nitrogens with zero attached hydrogens (tertiary/aromatic N) is 1. The van der Waals surface area contributed by atoms with Gasteiger partial charge in [0, 0.05) is 6.04 Å². The first kappa shape index (κ1) is 13.0. The van der Waals surface area contributed by atoms with Crippen LogP contribution in [-0.2, 0) is 9.59 Å². The van der Waals surface area contributed by atoms with Gasteiger partial charge in [0.25, 0.3) is 0 Å². The van der Waals surface area contributed by atoms with E-state index in [-0.39, 0.29) is 18.4 Å². The number of hydrogen-bond donors (Lipinski definition) is 2. The van der Waals surface area contributed by atoms with Gasteiger partial charge in [-0.15, -0.1) is 0 Å². The molecule has 0 radical (unpaired) electrons. The van der Waals surface area contributed by atoms with Gasteiger partial charge in [0.2, 0.25) is 5.91 Å². The van der Waals surface area contributed by atoms with Crippen LogP contribution in [0.25, 0.3) is 0 Å². The Hall–Kier alpha value is -1.10. The molecule has 0 aromatic carbocycles. The fourth-order valence-corrected chi connectivity index (χ4v) is 1.95. The summed E-state index contributed by atoms with van der Waals surface area (Å²) in [4.78, 5) is 24.1. The molecule has 0 saturated carbocycles. The summed E-state index contributed by atoms with van der Waals surface area (Å²) in [6, 6.07) is -0.296. The van der Waals surface area contributed by atoms with Gasteiger partial charge < -0.3 is 10.4 Å². The summed E-state index contributed by atoms with van der Waals surface area (Å²) < 4.78 is 0. The molecule has 0 aromatic rings. The van der Waals surface area contributed by atoms with Crippen LogP contribution in [0.5, 0.6) is 0 Å². The summed E-state index contributed by atoms with van der Waals surface area (Å²) in [5, 5.41) is 11.3. The number of carbonyl (C=O) groups excluding carboxylic acids is 1. The van der Waals surface area contributed by atoms with Crippen molar-refractivity contribution in [3.8, 4) is 0 Å². The lowest BCUT2D eigenvalue weighted by Crippen LogP contribution is -2.43. The van der Waals surface area contributed by atoms with Gasteiger partial charge in [0.05, 0.1) is 13.0 Å². The van der Waals surface area contributed by atoms with Crippen LogP contribution in [0.1, 0.15) is 32.6 Å². The summed E-state index contributed by atoms with van der Waals surface area (Å²) in [5.41, 5.74) is 0. The van der Waals surface area contributed by atoms with E-state index in [1.54, 1.807) is 6.92 Å². The molecule has 1 atom stereocenters. The van der Waals surface area contributed by atoms with Crippen molar-refractivity contribution in [3.63, 3.8) is 0 Å². The lowest BCUT2D eigenvalue weighted by Gasteiger charge is -2.26. The molecule has 92 valence electrons. The van der Waals surface area contributed by atoms with Crippen molar-refractivity contribution < 1.29 is 14.7 Å². The second-order valence-corrected chi connectivity index (χ2v) is 4.40. The third-order valence-corrected chi connectivity index (χ3v) is 2.70. The third kappa shape index (κ3) is 5.11. The van der Waals surface area contributed by atoms with Crippen LogP contribution in [0.4, 0.5) is 0 Å². The zero-order valence-electron chi connectivity index (χ0n) is 9.74. The van der Waals surface area contributed by atoms with E-state index in [0.29, 0.717) is 6.54 Å². The minimum atomic E-state index is -0.884. The van der Waals surface area contributed by atoms with E-state index in [4.69, 9.17) is 5.11 Å². The second kappa shape index (κ2) is 6.48. The van der Waals surface area contributed by atoms with Crippen LogP contribution in [0.15, 0.2) is 0 Å². The van der Waals surface area contributed by atoms with E-state index in [1.165, 1.54) is 6.42 Å². The molecule has 1 amide bonds. The largest absolute Gasteiger partial charge is 0.481 e. The van der Waals surface area contributed by atoms with Crippen molar-refractivity contribution in [3.05, 3.63) is 0 Å². The summed E-state index contributed by atoms with van der Waals surface area (Å²) in [5.74, 6) is -0.957. The number of amides is 1. The number of piperidine rings is 1. The highest BCUT2D eigenvalue weighted by molar-refractivity contribution is 5.79. The van der Waals surface area contributed by atoms with E-state index >= 15 is 0 Å². The molecule has 5 heteroatoms. The minimum absolute atomic E-state index is 0.0221. The Balaban J connectivity index is 2.21. The molecule has 2 N–H and O–H groups in total. The zero-order valence-corrected chi connectivity index (χ0v) is 9.74. The monoisotopic (exact) mass is 228 g/mol. The van der Waals surface area contributed by atoms with Crippen LogP contribution in [0.3, 0.4) is 0 Å². The van der Waals surface area contributed by atoms with Gasteiger partial charge in [-0.05, 0) is 32.9 Å². The molecule has 1 aliphatic heterocycles. The Morgan fingerprint density at radius 3 is 2.50 bits per heavy atom. The number of carboxylic acid groups (broad SMARTS) is 1. The second-order valence-electron chi connectivity index (χ2n) is 4.40. The summed E-state index contributed by atoms with van der Waals surface area (Å²) in [7, 11) is 0. The average molecular weight is 228 g/mol. The molecule has 1 heterocycles. The minimum Gasteiger partial charge on any atom is -0.481 e. The molecular weight excluding hydrogens is 208 g/mol. The predicted octanol–water partition coefficient (Wildman–Crippen LogP) is 0.452. The molecule has 1 rings (SSSR count). The summed E-state index contributed by atoms with van der Waals surface area (Å²) in [6.45, 7) is 4.05. The predicted molar refractivity (Wildman–Crippen MR) is 60.1 cm³/mol. The van der Waals surface area contributed by atoms with Crippen LogP contribution in [0, 0.1) is 0 Å². The van der Waals surface area contributed by atoms with Gasteiger partial charge >= 0.3 is 5.97 Å². The first-order valence-corrected chi connectivity index (χ1v) is 5.81. The topological polar surface area (TPSA) is 69.6 Å². The van der Waals surface area contributed by atoms with E-state index in [2.05, 4.69) is 10.2 Å². The normalized spacial score (nSPS) is 19.1. The maximum absolute atomic E-state index is 11.6. The molecule has 16 heavy (non-hydrogen) atoms. The molecule has 1 aliphatic rings. The highest BCUT2D eigenvalue weighted by atomic mass is 16.4. The molecule has 1 unspecified atom stereocenters. The highest BCUT2D eigenvalue weighted by Gasteiger charge is 2.16. The Kier molecular flexibility index (Phi) is 5.25. The van der Waals surface area contributed by atoms with E-state index < -0.39 is 5.97 Å². The number of hydrogen-bond acceptors (Lipinski definition) is 3. The number of carboxylic acids is 1. The van der Waals surface area contributed by atoms with Crippen molar-refractivity contribution in [2.45, 2.75) is 38.6 Å². The van der Waals surface area contributed by atoms with Gasteiger partial charge in [-0.2, -0.15) is 0 Å². The van der Waals surface area contributed by atoms with Crippen molar-refractivity contribution in [2.24, 2.45) is 0 Å². The smallest absolute Gasteiger partial charge is 0.305 e. The molecule has 0 aromatic heterocycles. The number of carbonyl (C=O) groups is 2. The fourth-order valence-electron chi connectivity index (χ4n) is 1.95. The average Bonchev–Trinajstić information content (AvgIpc) is 2.17. The Morgan fingerprint density at radius 2 is 1.94 bits per heavy atom. The number of likely N-dealkylation sites (tertiary alicyclic amines) is 1. The molecule has 5 nitrogen and oxygen atoms in total. The SMILES string of the molecule is CC(CC(=O)O)NC(=O)CN1CCCCC1. The van der Waals surface area contributed by atoms with Crippen LogP contribution < -0.4 is 5.32 Å². The lowest BCUT2D eigenvalue weighted by atomic mass is 10.1. The molecule has 1 saturated heterocycles. The van der Waals surface area contributed by atoms with Gasteiger partial charge in [-0.25, -0.2) is 0 Å². The Bertz CT molecular complexity index is 250. The number of aliphatic carboxylic acids is 1. The van der Waals surface area contributed by atoms with Crippen molar-refractivity contribution >= 4 is 11.9 Å². The van der Waals surface area contributed by atoms with E-state index in [0.717, 1.165) is 25.9 Å². The van der Waals surface area contributed by atoms with Crippen molar-refractivity contribution in [1.29, 1.82) is 0 Å². The Morgan fingerprint density at radius 1 is 1.31 bits per heavy atom. The standard InChI is InChI=1S/C11H20N2O3/c1-9(7-11(15)16)12-10(14)8-13-5-3-2-4-6-13/h9H,2-8H2,1H3,(H,12,14)(H,15,16).